The first-order valence-electron chi connectivity index (χ1n) is 12.9. The van der Waals surface area contributed by atoms with E-state index in [0.717, 1.165) is 32.7 Å². The Morgan fingerprint density at radius 3 is 2.02 bits per heavy atom. The lowest BCUT2D eigenvalue weighted by Crippen LogP contribution is -2.52. The van der Waals surface area contributed by atoms with Crippen LogP contribution in [0.1, 0.15) is 46.1 Å². The molecule has 0 saturated carbocycles. The van der Waals surface area contributed by atoms with E-state index in [2.05, 4.69) is 15.9 Å². The molecule has 0 radical (unpaired) electrons. The van der Waals surface area contributed by atoms with Gasteiger partial charge in [-0.3, -0.25) is 15.0 Å². The third-order valence-electron chi connectivity index (χ3n) is 7.96. The highest BCUT2D eigenvalue weighted by atomic mass is 35.5. The van der Waals surface area contributed by atoms with Crippen LogP contribution < -0.4 is 0 Å². The number of piperazine rings is 1. The maximum atomic E-state index is 12.9. The van der Waals surface area contributed by atoms with Gasteiger partial charge in [-0.2, -0.15) is 5.26 Å². The molecule has 1 fully saturated rings. The van der Waals surface area contributed by atoms with Crippen molar-refractivity contribution in [1.82, 2.24) is 14.7 Å². The van der Waals surface area contributed by atoms with Crippen molar-refractivity contribution in [3.63, 3.8) is 0 Å². The van der Waals surface area contributed by atoms with E-state index in [4.69, 9.17) is 5.26 Å². The Labute approximate surface area is 253 Å². The zero-order valence-corrected chi connectivity index (χ0v) is 25.7. The lowest BCUT2D eigenvalue weighted by Gasteiger charge is -2.48. The van der Waals surface area contributed by atoms with Gasteiger partial charge in [0.1, 0.15) is 0 Å². The summed E-state index contributed by atoms with van der Waals surface area (Å²) in [6, 6.07) is 7.86. The molecular weight excluding hydrogens is 573 g/mol. The smallest absolute Gasteiger partial charge is 0.334 e. The maximum Gasteiger partial charge on any atom is 0.334 e. The summed E-state index contributed by atoms with van der Waals surface area (Å²) < 4.78 is 0. The number of carboxylic acids is 2. The molecule has 2 aliphatic heterocycles. The Morgan fingerprint density at radius 1 is 1.05 bits per heavy atom. The number of rotatable bonds is 10. The van der Waals surface area contributed by atoms with Crippen molar-refractivity contribution in [2.45, 2.75) is 46.0 Å². The predicted molar refractivity (Wildman–Crippen MR) is 159 cm³/mol. The first kappa shape index (κ1) is 35.9. The molecule has 0 atom stereocenters. The molecule has 2 aliphatic rings. The first-order valence-corrected chi connectivity index (χ1v) is 12.9. The molecule has 13 heteroatoms. The van der Waals surface area contributed by atoms with Crippen LogP contribution in [0.4, 0.5) is 5.69 Å². The van der Waals surface area contributed by atoms with Crippen molar-refractivity contribution in [3.05, 3.63) is 62.5 Å². The number of nitro benzene ring substituents is 1. The summed E-state index contributed by atoms with van der Waals surface area (Å²) in [6.07, 6.45) is 0.584. The molecule has 0 unspecified atom stereocenters. The normalized spacial score (nSPS) is 17.8. The number of carbonyl (C=O) groups is 2. The molecule has 0 spiro atoms. The van der Waals surface area contributed by atoms with Crippen LogP contribution in [0, 0.1) is 26.9 Å². The molecule has 226 valence electrons. The van der Waals surface area contributed by atoms with Crippen LogP contribution in [0.2, 0.25) is 0 Å². The molecule has 0 aliphatic carbocycles. The SMILES string of the molecule is CC1=C(C(=O)O)C(CC(C)(C)CN2CCN(CCC#N)CC2)(c2cccc([N+](=O)[O-])c2)C(C(=O)O)=C(C)N1C.Cl.Cl. The molecule has 2 N–H and O–H groups in total. The highest BCUT2D eigenvalue weighted by Crippen LogP contribution is 2.53. The highest BCUT2D eigenvalue weighted by Gasteiger charge is 2.54. The number of aliphatic carboxylic acids is 2. The van der Waals surface area contributed by atoms with E-state index in [-0.39, 0.29) is 53.6 Å². The van der Waals surface area contributed by atoms with Crippen molar-refractivity contribution in [3.8, 4) is 6.07 Å². The number of nitro groups is 1. The fraction of sp³-hybridized carbons (Fsp3) is 0.536. The van der Waals surface area contributed by atoms with Gasteiger partial charge in [-0.05, 0) is 31.2 Å². The second-order valence-corrected chi connectivity index (χ2v) is 11.2. The average molecular weight is 613 g/mol. The van der Waals surface area contributed by atoms with Crippen LogP contribution in [0.15, 0.2) is 46.8 Å². The molecule has 1 aromatic rings. The minimum Gasteiger partial charge on any atom is -0.478 e. The lowest BCUT2D eigenvalue weighted by atomic mass is 9.59. The number of nitrogens with zero attached hydrogens (tertiary/aromatic N) is 5. The van der Waals surface area contributed by atoms with E-state index in [1.54, 1.807) is 31.9 Å². The van der Waals surface area contributed by atoms with Crippen molar-refractivity contribution < 1.29 is 24.7 Å². The topological polar surface area (TPSA) is 151 Å². The summed E-state index contributed by atoms with van der Waals surface area (Å²) in [4.78, 5) is 43.1. The molecule has 1 saturated heterocycles. The molecule has 3 rings (SSSR count). The van der Waals surface area contributed by atoms with Gasteiger partial charge >= 0.3 is 11.9 Å². The van der Waals surface area contributed by atoms with Crippen LogP contribution in [0.5, 0.6) is 0 Å². The van der Waals surface area contributed by atoms with Gasteiger partial charge in [0.2, 0.25) is 0 Å². The molecular formula is C28H39Cl2N5O6. The molecule has 0 aromatic heterocycles. The van der Waals surface area contributed by atoms with E-state index in [1.165, 1.54) is 18.2 Å². The molecule has 1 aromatic carbocycles. The fourth-order valence-electron chi connectivity index (χ4n) is 6.21. The van der Waals surface area contributed by atoms with Gasteiger partial charge in [-0.25, -0.2) is 9.59 Å². The number of carboxylic acid groups (broad SMARTS) is 2. The van der Waals surface area contributed by atoms with Gasteiger partial charge in [0.25, 0.3) is 5.69 Å². The Morgan fingerprint density at radius 2 is 1.56 bits per heavy atom. The Balaban J connectivity index is 0.00000420. The van der Waals surface area contributed by atoms with Crippen LogP contribution >= 0.6 is 24.8 Å². The van der Waals surface area contributed by atoms with Gasteiger partial charge in [0, 0.05) is 76.3 Å². The Hall–Kier alpha value is -3.17. The lowest BCUT2D eigenvalue weighted by molar-refractivity contribution is -0.385. The van der Waals surface area contributed by atoms with Gasteiger partial charge in [-0.15, -0.1) is 24.8 Å². The summed E-state index contributed by atoms with van der Waals surface area (Å²) in [5.41, 5.74) is -1.60. The van der Waals surface area contributed by atoms with Crippen LogP contribution in [0.3, 0.4) is 0 Å². The number of hydrogen-bond donors (Lipinski definition) is 2. The number of allylic oxidation sites excluding steroid dienone is 2. The van der Waals surface area contributed by atoms with E-state index in [9.17, 15) is 29.9 Å². The Kier molecular flexibility index (Phi) is 12.4. The second-order valence-electron chi connectivity index (χ2n) is 11.2. The second kappa shape index (κ2) is 14.1. The van der Waals surface area contributed by atoms with Crippen LogP contribution in [0.25, 0.3) is 0 Å². The maximum absolute atomic E-state index is 12.9. The van der Waals surface area contributed by atoms with Crippen molar-refractivity contribution in [2.24, 2.45) is 5.41 Å². The highest BCUT2D eigenvalue weighted by molar-refractivity contribution is 6.00. The number of halogens is 2. The summed E-state index contributed by atoms with van der Waals surface area (Å²) in [5, 5.41) is 41.7. The average Bonchev–Trinajstić information content (AvgIpc) is 2.86. The van der Waals surface area contributed by atoms with Crippen molar-refractivity contribution in [2.75, 3.05) is 46.3 Å². The number of non-ortho nitro benzene ring substituents is 1. The zero-order valence-electron chi connectivity index (χ0n) is 24.0. The Bertz CT molecular complexity index is 1230. The first-order chi connectivity index (χ1) is 18.2. The van der Waals surface area contributed by atoms with Crippen LogP contribution in [-0.4, -0.2) is 88.1 Å². The van der Waals surface area contributed by atoms with Gasteiger partial charge < -0.3 is 20.0 Å². The van der Waals surface area contributed by atoms with Crippen molar-refractivity contribution >= 4 is 42.4 Å². The van der Waals surface area contributed by atoms with E-state index >= 15 is 0 Å². The number of nitriles is 1. The van der Waals surface area contributed by atoms with Crippen molar-refractivity contribution in [1.29, 1.82) is 5.26 Å². The zero-order chi connectivity index (χ0) is 29.1. The van der Waals surface area contributed by atoms with Crippen LogP contribution in [-0.2, 0) is 15.0 Å². The summed E-state index contributed by atoms with van der Waals surface area (Å²) >= 11 is 0. The third-order valence-corrected chi connectivity index (χ3v) is 7.96. The van der Waals surface area contributed by atoms with E-state index in [0.29, 0.717) is 24.4 Å². The molecule has 0 amide bonds. The van der Waals surface area contributed by atoms with Gasteiger partial charge in [0.15, 0.2) is 0 Å². The standard InChI is InChI=1S/C28H37N5O6.2ClH/c1-19-23(25(34)35)28(24(26(36)37)20(2)30(19)5,21-8-6-9-22(16-21)33(38)39)17-27(3,4)18-32-14-12-31(13-15-32)11-7-10-29;;/h6,8-9,16H,7,11-15,17-18H2,1-5H3,(H,34,35)(H,36,37);2*1H. The fourth-order valence-corrected chi connectivity index (χ4v) is 6.21. The largest absolute Gasteiger partial charge is 0.478 e. The minimum atomic E-state index is -1.64. The number of benzene rings is 1. The molecule has 0 bridgehead atoms. The van der Waals surface area contributed by atoms with Gasteiger partial charge in [-0.1, -0.05) is 26.0 Å². The molecule has 41 heavy (non-hydrogen) atoms. The summed E-state index contributed by atoms with van der Waals surface area (Å²) in [6.45, 7) is 11.7. The summed E-state index contributed by atoms with van der Waals surface area (Å²) in [5.74, 6) is -2.53. The molecule has 11 nitrogen and oxygen atoms in total. The van der Waals surface area contributed by atoms with Gasteiger partial charge in [0.05, 0.1) is 27.6 Å². The van der Waals surface area contributed by atoms with E-state index < -0.39 is 27.7 Å². The monoisotopic (exact) mass is 611 g/mol. The summed E-state index contributed by atoms with van der Waals surface area (Å²) in [7, 11) is 1.63. The number of hydrogen-bond acceptors (Lipinski definition) is 8. The quantitative estimate of drug-likeness (QED) is 0.289. The molecule has 2 heterocycles. The minimum absolute atomic E-state index is 0. The predicted octanol–water partition coefficient (Wildman–Crippen LogP) is 4.29. The third kappa shape index (κ3) is 7.38. The van der Waals surface area contributed by atoms with E-state index in [1.807, 2.05) is 13.8 Å².